The summed E-state index contributed by atoms with van der Waals surface area (Å²) in [7, 11) is 1.62. The Labute approximate surface area is 102 Å². The van der Waals surface area contributed by atoms with E-state index in [1.54, 1.807) is 7.05 Å². The molecule has 2 N–H and O–H groups in total. The highest BCUT2D eigenvalue weighted by atomic mass is 32.1. The quantitative estimate of drug-likeness (QED) is 0.888. The van der Waals surface area contributed by atoms with E-state index in [2.05, 4.69) is 4.98 Å². The second kappa shape index (κ2) is 4.97. The van der Waals surface area contributed by atoms with Gasteiger partial charge in [-0.25, -0.2) is 13.8 Å². The summed E-state index contributed by atoms with van der Waals surface area (Å²) in [5, 5.41) is 1.92. The van der Waals surface area contributed by atoms with Crippen LogP contribution in [0.15, 0.2) is 11.6 Å². The first-order valence-corrected chi connectivity index (χ1v) is 6.15. The maximum absolute atomic E-state index is 12.4. The van der Waals surface area contributed by atoms with Gasteiger partial charge in [0.05, 0.1) is 12.2 Å². The van der Waals surface area contributed by atoms with Crippen molar-refractivity contribution < 1.29 is 8.78 Å². The molecule has 0 aromatic carbocycles. The second-order valence-corrected chi connectivity index (χ2v) is 4.62. The van der Waals surface area contributed by atoms with E-state index in [0.717, 1.165) is 10.7 Å². The summed E-state index contributed by atoms with van der Waals surface area (Å²) in [6.07, 6.45) is 0.142. The molecular formula is C10H14F2N4S. The molecule has 0 fully saturated rings. The molecule has 7 heteroatoms. The third kappa shape index (κ3) is 2.39. The van der Waals surface area contributed by atoms with Gasteiger partial charge in [-0.1, -0.05) is 0 Å². The molecule has 0 amide bonds. The van der Waals surface area contributed by atoms with Crippen LogP contribution < -0.4 is 10.6 Å². The number of alkyl halides is 2. The van der Waals surface area contributed by atoms with Crippen LogP contribution >= 0.6 is 11.3 Å². The summed E-state index contributed by atoms with van der Waals surface area (Å²) in [4.78, 5) is 6.65. The molecule has 0 unspecified atom stereocenters. The van der Waals surface area contributed by atoms with E-state index in [9.17, 15) is 8.78 Å². The van der Waals surface area contributed by atoms with Gasteiger partial charge in [-0.3, -0.25) is 4.40 Å². The van der Waals surface area contributed by atoms with E-state index in [-0.39, 0.29) is 6.54 Å². The summed E-state index contributed by atoms with van der Waals surface area (Å²) in [6.45, 7) is 0.154. The van der Waals surface area contributed by atoms with Gasteiger partial charge in [-0.2, -0.15) is 0 Å². The third-order valence-electron chi connectivity index (χ3n) is 2.49. The molecular weight excluding hydrogens is 246 g/mol. The van der Waals surface area contributed by atoms with Crippen LogP contribution in [0.3, 0.4) is 0 Å². The molecule has 0 aliphatic rings. The first-order valence-electron chi connectivity index (χ1n) is 5.27. The Morgan fingerprint density at radius 1 is 1.59 bits per heavy atom. The minimum absolute atomic E-state index is 0.317. The zero-order chi connectivity index (χ0) is 12.4. The van der Waals surface area contributed by atoms with Crippen molar-refractivity contribution in [3.63, 3.8) is 0 Å². The van der Waals surface area contributed by atoms with Crippen molar-refractivity contribution in [2.45, 2.75) is 12.8 Å². The zero-order valence-corrected chi connectivity index (χ0v) is 10.3. The fourth-order valence-electron chi connectivity index (χ4n) is 1.79. The number of hydrogen-bond acceptors (Lipinski definition) is 4. The minimum Gasteiger partial charge on any atom is -0.352 e. The summed E-state index contributed by atoms with van der Waals surface area (Å²) >= 11 is 1.48. The van der Waals surface area contributed by atoms with Gasteiger partial charge in [0.25, 0.3) is 6.43 Å². The Hall–Kier alpha value is -1.21. The highest BCUT2D eigenvalue weighted by molar-refractivity contribution is 7.15. The number of aromatic nitrogens is 2. The van der Waals surface area contributed by atoms with E-state index < -0.39 is 6.43 Å². The van der Waals surface area contributed by atoms with Gasteiger partial charge in [0.1, 0.15) is 0 Å². The molecule has 94 valence electrons. The number of imidazole rings is 1. The maximum Gasteiger partial charge on any atom is 0.255 e. The van der Waals surface area contributed by atoms with Gasteiger partial charge in [0, 0.05) is 25.0 Å². The topological polar surface area (TPSA) is 46.6 Å². The lowest BCUT2D eigenvalue weighted by atomic mass is 10.3. The van der Waals surface area contributed by atoms with Gasteiger partial charge < -0.3 is 10.6 Å². The van der Waals surface area contributed by atoms with Crippen molar-refractivity contribution in [3.05, 3.63) is 17.3 Å². The highest BCUT2D eigenvalue weighted by Gasteiger charge is 2.18. The van der Waals surface area contributed by atoms with Crippen LogP contribution in [0.5, 0.6) is 0 Å². The SMILES string of the molecule is CN(CC(F)F)c1nc2sccn2c1CCN. The van der Waals surface area contributed by atoms with E-state index in [0.29, 0.717) is 18.8 Å². The van der Waals surface area contributed by atoms with Crippen LogP contribution in [0.1, 0.15) is 5.69 Å². The van der Waals surface area contributed by atoms with Crippen molar-refractivity contribution >= 4 is 22.1 Å². The highest BCUT2D eigenvalue weighted by Crippen LogP contribution is 2.24. The fourth-order valence-corrected chi connectivity index (χ4v) is 2.52. The average Bonchev–Trinajstić information content (AvgIpc) is 2.79. The molecule has 0 bridgehead atoms. The van der Waals surface area contributed by atoms with E-state index in [1.807, 2.05) is 16.0 Å². The van der Waals surface area contributed by atoms with Crippen LogP contribution in [0, 0.1) is 0 Å². The number of nitrogens with two attached hydrogens (primary N) is 1. The first kappa shape index (κ1) is 12.3. The standard InChI is InChI=1S/C10H14F2N4S/c1-15(6-8(11)12)9-7(2-3-13)16-4-5-17-10(16)14-9/h4-5,8H,2-3,6,13H2,1H3. The summed E-state index contributed by atoms with van der Waals surface area (Å²) in [5.41, 5.74) is 6.44. The molecule has 0 spiro atoms. The maximum atomic E-state index is 12.4. The molecule has 2 heterocycles. The fraction of sp³-hybridized carbons (Fsp3) is 0.500. The molecule has 0 saturated carbocycles. The summed E-state index contributed by atoms with van der Waals surface area (Å²) in [5.74, 6) is 0.600. The summed E-state index contributed by atoms with van der Waals surface area (Å²) in [6, 6.07) is 0. The van der Waals surface area contributed by atoms with Crippen LogP contribution in [-0.2, 0) is 6.42 Å². The van der Waals surface area contributed by atoms with E-state index in [1.165, 1.54) is 16.2 Å². The predicted molar refractivity (Wildman–Crippen MR) is 65.1 cm³/mol. The zero-order valence-electron chi connectivity index (χ0n) is 9.44. The van der Waals surface area contributed by atoms with Crippen molar-refractivity contribution in [3.8, 4) is 0 Å². The van der Waals surface area contributed by atoms with Crippen LogP contribution in [0.4, 0.5) is 14.6 Å². The van der Waals surface area contributed by atoms with E-state index in [4.69, 9.17) is 5.73 Å². The molecule has 4 nitrogen and oxygen atoms in total. The predicted octanol–water partition coefficient (Wildman–Crippen LogP) is 1.60. The van der Waals surface area contributed by atoms with Gasteiger partial charge >= 0.3 is 0 Å². The van der Waals surface area contributed by atoms with Gasteiger partial charge in [0.2, 0.25) is 0 Å². The number of hydrogen-bond donors (Lipinski definition) is 1. The molecule has 0 atom stereocenters. The number of anilines is 1. The molecule has 2 rings (SSSR count). The first-order chi connectivity index (χ1) is 8.13. The molecule has 0 aliphatic heterocycles. The lowest BCUT2D eigenvalue weighted by molar-refractivity contribution is 0.156. The van der Waals surface area contributed by atoms with Crippen molar-refractivity contribution in [1.82, 2.24) is 9.38 Å². The van der Waals surface area contributed by atoms with Crippen molar-refractivity contribution in [2.75, 3.05) is 25.0 Å². The molecule has 2 aromatic heterocycles. The van der Waals surface area contributed by atoms with Crippen LogP contribution in [0.2, 0.25) is 0 Å². The molecule has 2 aromatic rings. The Kier molecular flexibility index (Phi) is 3.58. The Bertz CT molecular complexity index is 493. The second-order valence-electron chi connectivity index (χ2n) is 3.75. The molecule has 0 aliphatic carbocycles. The van der Waals surface area contributed by atoms with Gasteiger partial charge in [-0.05, 0) is 6.54 Å². The number of thiazole rings is 1. The normalized spacial score (nSPS) is 11.6. The average molecular weight is 260 g/mol. The molecule has 0 saturated heterocycles. The summed E-state index contributed by atoms with van der Waals surface area (Å²) < 4.78 is 26.7. The smallest absolute Gasteiger partial charge is 0.255 e. The van der Waals surface area contributed by atoms with Crippen LogP contribution in [-0.4, -0.2) is 35.9 Å². The number of fused-ring (bicyclic) bond motifs is 1. The van der Waals surface area contributed by atoms with Crippen LogP contribution in [0.25, 0.3) is 4.96 Å². The number of halogens is 2. The Morgan fingerprint density at radius 2 is 2.35 bits per heavy atom. The molecule has 17 heavy (non-hydrogen) atoms. The molecule has 0 radical (unpaired) electrons. The lowest BCUT2D eigenvalue weighted by Crippen LogP contribution is -2.25. The lowest BCUT2D eigenvalue weighted by Gasteiger charge is -2.17. The van der Waals surface area contributed by atoms with E-state index >= 15 is 0 Å². The van der Waals surface area contributed by atoms with Gasteiger partial charge in [0.15, 0.2) is 10.8 Å². The Morgan fingerprint density at radius 3 is 3.00 bits per heavy atom. The van der Waals surface area contributed by atoms with Gasteiger partial charge in [-0.15, -0.1) is 11.3 Å². The number of nitrogens with zero attached hydrogens (tertiary/aromatic N) is 3. The largest absolute Gasteiger partial charge is 0.352 e. The Balaban J connectivity index is 2.37. The monoisotopic (exact) mass is 260 g/mol. The van der Waals surface area contributed by atoms with Crippen molar-refractivity contribution in [2.24, 2.45) is 5.73 Å². The minimum atomic E-state index is -2.37. The third-order valence-corrected chi connectivity index (χ3v) is 3.25. The van der Waals surface area contributed by atoms with Crippen molar-refractivity contribution in [1.29, 1.82) is 0 Å². The number of rotatable bonds is 5.